The summed E-state index contributed by atoms with van der Waals surface area (Å²) >= 11 is 5.81. The smallest absolute Gasteiger partial charge is 0.354 e. The molecule has 11 nitrogen and oxygen atoms in total. The maximum Gasteiger partial charge on any atom is 0.354 e. The van der Waals surface area contributed by atoms with Gasteiger partial charge in [-0.1, -0.05) is 17.7 Å². The number of nitrogens with one attached hydrogen (secondary N) is 3. The van der Waals surface area contributed by atoms with Gasteiger partial charge in [0.25, 0.3) is 5.91 Å². The Morgan fingerprint density at radius 2 is 1.76 bits per heavy atom. The highest BCUT2D eigenvalue weighted by Crippen LogP contribution is 2.29. The zero-order valence-corrected chi connectivity index (χ0v) is 18.5. The number of rotatable bonds is 10. The Hall–Kier alpha value is -4.12. The summed E-state index contributed by atoms with van der Waals surface area (Å²) in [6.45, 7) is 0.351. The quantitative estimate of drug-likeness (QED) is 0.298. The van der Waals surface area contributed by atoms with E-state index in [1.54, 1.807) is 32.4 Å². The van der Waals surface area contributed by atoms with Crippen LogP contribution in [0.15, 0.2) is 48.8 Å². The third-order valence-electron chi connectivity index (χ3n) is 4.56. The normalized spacial score (nSPS) is 10.3. The number of ether oxygens (including phenoxy) is 2. The largest absolute Gasteiger partial charge is 0.493 e. The summed E-state index contributed by atoms with van der Waals surface area (Å²) in [7, 11) is 3.10. The number of methoxy groups -OCH3 is 2. The average Bonchev–Trinajstić information content (AvgIpc) is 2.82. The van der Waals surface area contributed by atoms with Gasteiger partial charge in [-0.3, -0.25) is 25.8 Å². The molecular formula is C21H21ClN6O5. The molecule has 0 spiro atoms. The molecule has 33 heavy (non-hydrogen) atoms. The van der Waals surface area contributed by atoms with Crippen LogP contribution in [0.5, 0.6) is 11.5 Å². The van der Waals surface area contributed by atoms with Crippen LogP contribution in [-0.4, -0.2) is 41.6 Å². The molecule has 3 rings (SSSR count). The van der Waals surface area contributed by atoms with E-state index in [0.717, 1.165) is 11.9 Å². The van der Waals surface area contributed by atoms with Crippen molar-refractivity contribution in [2.24, 2.45) is 0 Å². The minimum atomic E-state index is -0.629. The molecule has 0 atom stereocenters. The van der Waals surface area contributed by atoms with Gasteiger partial charge in [0.05, 0.1) is 19.1 Å². The highest BCUT2D eigenvalue weighted by Gasteiger charge is 2.23. The van der Waals surface area contributed by atoms with Crippen LogP contribution in [0.3, 0.4) is 0 Å². The van der Waals surface area contributed by atoms with Gasteiger partial charge in [0.15, 0.2) is 11.5 Å². The van der Waals surface area contributed by atoms with E-state index in [1.165, 1.54) is 12.1 Å². The number of hydrazine groups is 1. The molecule has 0 aliphatic rings. The molecule has 0 radical (unpaired) electrons. The van der Waals surface area contributed by atoms with Gasteiger partial charge < -0.3 is 14.8 Å². The molecule has 1 heterocycles. The first kappa shape index (κ1) is 23.5. The van der Waals surface area contributed by atoms with E-state index in [2.05, 4.69) is 26.1 Å². The Morgan fingerprint density at radius 1 is 1.06 bits per heavy atom. The number of anilines is 2. The van der Waals surface area contributed by atoms with Gasteiger partial charge in [0.1, 0.15) is 6.33 Å². The van der Waals surface area contributed by atoms with Crippen LogP contribution in [0.1, 0.15) is 15.9 Å². The van der Waals surface area contributed by atoms with Crippen LogP contribution in [0.25, 0.3) is 0 Å². The SMILES string of the molecule is COc1ccc(CCNc2ncnc(NNC(=O)c3ccc(Cl)cc3)c2[N+](=O)[O-])cc1OC. The summed E-state index contributed by atoms with van der Waals surface area (Å²) in [4.78, 5) is 31.1. The van der Waals surface area contributed by atoms with Gasteiger partial charge in [0, 0.05) is 17.1 Å². The lowest BCUT2D eigenvalue weighted by atomic mass is 10.1. The molecule has 172 valence electrons. The van der Waals surface area contributed by atoms with E-state index < -0.39 is 16.5 Å². The number of benzene rings is 2. The molecule has 1 aromatic heterocycles. The van der Waals surface area contributed by atoms with Crippen molar-refractivity contribution in [1.29, 1.82) is 0 Å². The predicted molar refractivity (Wildman–Crippen MR) is 123 cm³/mol. The molecule has 0 aliphatic heterocycles. The molecule has 0 fully saturated rings. The van der Waals surface area contributed by atoms with Gasteiger partial charge in [-0.25, -0.2) is 9.97 Å². The van der Waals surface area contributed by atoms with Gasteiger partial charge in [-0.2, -0.15) is 0 Å². The summed E-state index contributed by atoms with van der Waals surface area (Å²) in [5, 5.41) is 15.1. The minimum absolute atomic E-state index is 0.0127. The molecule has 1 amide bonds. The maximum atomic E-state index is 12.3. The van der Waals surface area contributed by atoms with Crippen molar-refractivity contribution in [2.45, 2.75) is 6.42 Å². The van der Waals surface area contributed by atoms with Crippen LogP contribution < -0.4 is 25.6 Å². The number of hydrogen-bond donors (Lipinski definition) is 3. The number of aromatic nitrogens is 2. The van der Waals surface area contributed by atoms with Crippen LogP contribution in [-0.2, 0) is 6.42 Å². The second-order valence-corrected chi connectivity index (χ2v) is 7.07. The van der Waals surface area contributed by atoms with Crippen LogP contribution in [0.4, 0.5) is 17.3 Å². The number of halogens is 1. The zero-order chi connectivity index (χ0) is 23.8. The van der Waals surface area contributed by atoms with Crippen molar-refractivity contribution in [2.75, 3.05) is 31.5 Å². The third-order valence-corrected chi connectivity index (χ3v) is 4.81. The lowest BCUT2D eigenvalue weighted by Crippen LogP contribution is -2.30. The van der Waals surface area contributed by atoms with E-state index in [4.69, 9.17) is 21.1 Å². The Labute approximate surface area is 194 Å². The number of carbonyl (C=O) groups excluding carboxylic acids is 1. The van der Waals surface area contributed by atoms with Crippen molar-refractivity contribution in [3.05, 3.63) is 75.1 Å². The van der Waals surface area contributed by atoms with E-state index in [0.29, 0.717) is 35.1 Å². The van der Waals surface area contributed by atoms with Crippen LogP contribution in [0.2, 0.25) is 5.02 Å². The Kier molecular flexibility index (Phi) is 7.82. The fourth-order valence-corrected chi connectivity index (χ4v) is 3.05. The zero-order valence-electron chi connectivity index (χ0n) is 17.8. The highest BCUT2D eigenvalue weighted by atomic mass is 35.5. The third kappa shape index (κ3) is 5.98. The summed E-state index contributed by atoms with van der Waals surface area (Å²) in [6.07, 6.45) is 1.69. The summed E-state index contributed by atoms with van der Waals surface area (Å²) < 4.78 is 10.5. The van der Waals surface area contributed by atoms with Crippen molar-refractivity contribution >= 4 is 34.8 Å². The summed E-state index contributed by atoms with van der Waals surface area (Å²) in [5.74, 6) is 0.537. The number of carbonyl (C=O) groups is 1. The van der Waals surface area contributed by atoms with Crippen molar-refractivity contribution in [3.8, 4) is 11.5 Å². The molecule has 2 aromatic carbocycles. The summed E-state index contributed by atoms with van der Waals surface area (Å²) in [5.41, 5.74) is 5.72. The minimum Gasteiger partial charge on any atom is -0.493 e. The van der Waals surface area contributed by atoms with Gasteiger partial charge in [-0.15, -0.1) is 0 Å². The van der Waals surface area contributed by atoms with Crippen molar-refractivity contribution in [3.63, 3.8) is 0 Å². The first-order chi connectivity index (χ1) is 15.9. The Bertz CT molecular complexity index is 1140. The lowest BCUT2D eigenvalue weighted by Gasteiger charge is -2.12. The van der Waals surface area contributed by atoms with Gasteiger partial charge >= 0.3 is 5.69 Å². The molecule has 3 N–H and O–H groups in total. The molecule has 0 saturated heterocycles. The lowest BCUT2D eigenvalue weighted by molar-refractivity contribution is -0.383. The first-order valence-corrected chi connectivity index (χ1v) is 10.1. The van der Waals surface area contributed by atoms with E-state index >= 15 is 0 Å². The number of nitrogens with zero attached hydrogens (tertiary/aromatic N) is 3. The molecule has 0 saturated carbocycles. The Morgan fingerprint density at radius 3 is 2.42 bits per heavy atom. The molecular weight excluding hydrogens is 452 g/mol. The fourth-order valence-electron chi connectivity index (χ4n) is 2.92. The van der Waals surface area contributed by atoms with Crippen LogP contribution >= 0.6 is 11.6 Å². The first-order valence-electron chi connectivity index (χ1n) is 9.69. The van der Waals surface area contributed by atoms with E-state index in [9.17, 15) is 14.9 Å². The van der Waals surface area contributed by atoms with Gasteiger partial charge in [0.2, 0.25) is 11.6 Å². The predicted octanol–water partition coefficient (Wildman–Crippen LogP) is 3.47. The second kappa shape index (κ2) is 11.0. The number of amides is 1. The van der Waals surface area contributed by atoms with E-state index in [-0.39, 0.29) is 11.6 Å². The molecule has 0 unspecified atom stereocenters. The molecule has 12 heteroatoms. The topological polar surface area (TPSA) is 141 Å². The fraction of sp³-hybridized carbons (Fsp3) is 0.190. The van der Waals surface area contributed by atoms with Crippen LogP contribution in [0, 0.1) is 10.1 Å². The van der Waals surface area contributed by atoms with E-state index in [1.807, 2.05) is 12.1 Å². The summed E-state index contributed by atoms with van der Waals surface area (Å²) in [6, 6.07) is 11.6. The van der Waals surface area contributed by atoms with Crippen molar-refractivity contribution in [1.82, 2.24) is 15.4 Å². The average molecular weight is 473 g/mol. The Balaban J connectivity index is 1.68. The standard InChI is InChI=1S/C21H21ClN6O5/c1-32-16-8-3-13(11-17(16)33-2)9-10-23-19-18(28(30)31)20(25-12-24-19)26-27-21(29)14-4-6-15(22)7-5-14/h3-8,11-12H,9-10H2,1-2H3,(H,27,29)(H2,23,24,25,26). The molecule has 0 aliphatic carbocycles. The molecule has 3 aromatic rings. The maximum absolute atomic E-state index is 12.3. The number of nitro groups is 1. The number of hydrogen-bond acceptors (Lipinski definition) is 9. The highest BCUT2D eigenvalue weighted by molar-refractivity contribution is 6.30. The second-order valence-electron chi connectivity index (χ2n) is 6.63. The molecule has 0 bridgehead atoms. The monoisotopic (exact) mass is 472 g/mol. The van der Waals surface area contributed by atoms with Gasteiger partial charge in [-0.05, 0) is 48.4 Å². The van der Waals surface area contributed by atoms with Crippen molar-refractivity contribution < 1.29 is 19.2 Å².